The SMILES string of the molecule is CSc1ccc(Cl)c(C(=O)NC(C)(C)C(=O)O)c1. The highest BCUT2D eigenvalue weighted by Gasteiger charge is 2.29. The number of hydrogen-bond acceptors (Lipinski definition) is 3. The van der Waals surface area contributed by atoms with Crippen molar-refractivity contribution in [2.24, 2.45) is 0 Å². The molecular formula is C12H14ClNO3S. The minimum Gasteiger partial charge on any atom is -0.480 e. The minimum atomic E-state index is -1.34. The van der Waals surface area contributed by atoms with Crippen LogP contribution >= 0.6 is 23.4 Å². The summed E-state index contributed by atoms with van der Waals surface area (Å²) >= 11 is 7.42. The molecule has 0 aliphatic carbocycles. The van der Waals surface area contributed by atoms with E-state index in [4.69, 9.17) is 16.7 Å². The Morgan fingerprint density at radius 3 is 2.50 bits per heavy atom. The van der Waals surface area contributed by atoms with E-state index in [-0.39, 0.29) is 5.56 Å². The normalized spacial score (nSPS) is 11.1. The molecular weight excluding hydrogens is 274 g/mol. The van der Waals surface area contributed by atoms with E-state index < -0.39 is 17.4 Å². The molecule has 2 N–H and O–H groups in total. The maximum Gasteiger partial charge on any atom is 0.328 e. The van der Waals surface area contributed by atoms with Crippen LogP contribution in [0, 0.1) is 0 Å². The van der Waals surface area contributed by atoms with Crippen LogP contribution in [0.3, 0.4) is 0 Å². The van der Waals surface area contributed by atoms with Crippen LogP contribution in [0.5, 0.6) is 0 Å². The van der Waals surface area contributed by atoms with Gasteiger partial charge in [-0.15, -0.1) is 11.8 Å². The summed E-state index contributed by atoms with van der Waals surface area (Å²) in [7, 11) is 0. The zero-order chi connectivity index (χ0) is 13.9. The molecule has 1 aromatic carbocycles. The summed E-state index contributed by atoms with van der Waals surface area (Å²) in [6.45, 7) is 2.83. The summed E-state index contributed by atoms with van der Waals surface area (Å²) in [4.78, 5) is 23.8. The molecule has 0 aromatic heterocycles. The van der Waals surface area contributed by atoms with Crippen LogP contribution in [-0.2, 0) is 4.79 Å². The lowest BCUT2D eigenvalue weighted by atomic mass is 10.1. The standard InChI is InChI=1S/C12H14ClNO3S/c1-12(2,11(16)17)14-10(15)8-6-7(18-3)4-5-9(8)13/h4-6H,1-3H3,(H,14,15)(H,16,17). The number of benzene rings is 1. The molecule has 0 fully saturated rings. The highest BCUT2D eigenvalue weighted by Crippen LogP contribution is 2.23. The summed E-state index contributed by atoms with van der Waals surface area (Å²) in [5, 5.41) is 11.7. The Kier molecular flexibility index (Phi) is 4.65. The van der Waals surface area contributed by atoms with Gasteiger partial charge in [0.2, 0.25) is 0 Å². The molecule has 0 atom stereocenters. The van der Waals surface area contributed by atoms with E-state index >= 15 is 0 Å². The van der Waals surface area contributed by atoms with Gasteiger partial charge in [-0.05, 0) is 38.3 Å². The molecule has 0 saturated carbocycles. The fraction of sp³-hybridized carbons (Fsp3) is 0.333. The first-order valence-electron chi connectivity index (χ1n) is 5.17. The second kappa shape index (κ2) is 5.63. The fourth-order valence-electron chi connectivity index (χ4n) is 1.21. The van der Waals surface area contributed by atoms with Crippen molar-refractivity contribution < 1.29 is 14.7 Å². The summed E-state index contributed by atoms with van der Waals surface area (Å²) in [5.74, 6) is -1.60. The lowest BCUT2D eigenvalue weighted by molar-refractivity contribution is -0.143. The van der Waals surface area contributed by atoms with Crippen molar-refractivity contribution in [2.75, 3.05) is 6.26 Å². The quantitative estimate of drug-likeness (QED) is 0.836. The van der Waals surface area contributed by atoms with Gasteiger partial charge >= 0.3 is 5.97 Å². The molecule has 0 radical (unpaired) electrons. The fourth-order valence-corrected chi connectivity index (χ4v) is 1.85. The summed E-state index contributed by atoms with van der Waals surface area (Å²) in [5.41, 5.74) is -1.06. The molecule has 6 heteroatoms. The zero-order valence-electron chi connectivity index (χ0n) is 10.3. The molecule has 4 nitrogen and oxygen atoms in total. The van der Waals surface area contributed by atoms with Crippen LogP contribution in [0.1, 0.15) is 24.2 Å². The highest BCUT2D eigenvalue weighted by atomic mass is 35.5. The van der Waals surface area contributed by atoms with E-state index in [2.05, 4.69) is 5.32 Å². The van der Waals surface area contributed by atoms with Gasteiger partial charge in [-0.3, -0.25) is 4.79 Å². The van der Waals surface area contributed by atoms with Crippen LogP contribution < -0.4 is 5.32 Å². The lowest BCUT2D eigenvalue weighted by Crippen LogP contribution is -2.49. The number of rotatable bonds is 4. The van der Waals surface area contributed by atoms with E-state index in [0.29, 0.717) is 5.02 Å². The summed E-state index contributed by atoms with van der Waals surface area (Å²) in [6.07, 6.45) is 1.88. The average Bonchev–Trinajstić information content (AvgIpc) is 2.28. The molecule has 0 spiro atoms. The first kappa shape index (κ1) is 14.9. The third-order valence-corrected chi connectivity index (χ3v) is 3.43. The monoisotopic (exact) mass is 287 g/mol. The third-order valence-electron chi connectivity index (χ3n) is 2.38. The molecule has 0 bridgehead atoms. The Morgan fingerprint density at radius 1 is 1.39 bits per heavy atom. The van der Waals surface area contributed by atoms with Gasteiger partial charge in [-0.2, -0.15) is 0 Å². The number of nitrogens with one attached hydrogen (secondary N) is 1. The van der Waals surface area contributed by atoms with Crippen LogP contribution in [0.2, 0.25) is 5.02 Å². The van der Waals surface area contributed by atoms with Gasteiger partial charge in [-0.25, -0.2) is 4.79 Å². The Morgan fingerprint density at radius 2 is 2.00 bits per heavy atom. The minimum absolute atomic E-state index is 0.276. The zero-order valence-corrected chi connectivity index (χ0v) is 11.9. The maximum absolute atomic E-state index is 12.0. The topological polar surface area (TPSA) is 66.4 Å². The van der Waals surface area contributed by atoms with E-state index in [9.17, 15) is 9.59 Å². The van der Waals surface area contributed by atoms with Crippen molar-refractivity contribution in [3.8, 4) is 0 Å². The van der Waals surface area contributed by atoms with E-state index in [1.165, 1.54) is 25.6 Å². The number of halogens is 1. The number of carboxylic acid groups (broad SMARTS) is 1. The number of aliphatic carboxylic acids is 1. The molecule has 0 aliphatic heterocycles. The molecule has 1 amide bonds. The number of thioether (sulfide) groups is 1. The highest BCUT2D eigenvalue weighted by molar-refractivity contribution is 7.98. The smallest absolute Gasteiger partial charge is 0.328 e. The first-order valence-corrected chi connectivity index (χ1v) is 6.77. The maximum atomic E-state index is 12.0. The Labute approximate surface area is 115 Å². The van der Waals surface area contributed by atoms with Gasteiger partial charge in [0.05, 0.1) is 10.6 Å². The van der Waals surface area contributed by atoms with Gasteiger partial charge in [0.15, 0.2) is 0 Å². The van der Waals surface area contributed by atoms with Crippen LogP contribution in [0.4, 0.5) is 0 Å². The molecule has 1 rings (SSSR count). The molecule has 0 saturated heterocycles. The average molecular weight is 288 g/mol. The van der Waals surface area contributed by atoms with E-state index in [1.54, 1.807) is 18.2 Å². The Bertz CT molecular complexity index is 488. The van der Waals surface area contributed by atoms with Crippen LogP contribution in [-0.4, -0.2) is 28.8 Å². The van der Waals surface area contributed by atoms with Gasteiger partial charge in [0, 0.05) is 4.90 Å². The number of carbonyl (C=O) groups excluding carboxylic acids is 1. The third kappa shape index (κ3) is 3.40. The molecule has 1 aromatic rings. The Hall–Kier alpha value is -1.20. The first-order chi connectivity index (χ1) is 8.27. The largest absolute Gasteiger partial charge is 0.480 e. The van der Waals surface area contributed by atoms with E-state index in [1.807, 2.05) is 6.26 Å². The lowest BCUT2D eigenvalue weighted by Gasteiger charge is -2.21. The van der Waals surface area contributed by atoms with Crippen molar-refractivity contribution in [1.82, 2.24) is 5.32 Å². The number of hydrogen-bond donors (Lipinski definition) is 2. The number of carboxylic acids is 1. The van der Waals surface area contributed by atoms with Gasteiger partial charge in [0.25, 0.3) is 5.91 Å². The predicted octanol–water partition coefficient (Wildman–Crippen LogP) is 2.65. The number of carbonyl (C=O) groups is 2. The van der Waals surface area contributed by atoms with Crippen molar-refractivity contribution in [3.05, 3.63) is 28.8 Å². The van der Waals surface area contributed by atoms with Crippen LogP contribution in [0.15, 0.2) is 23.1 Å². The van der Waals surface area contributed by atoms with Crippen molar-refractivity contribution >= 4 is 35.2 Å². The molecule has 0 heterocycles. The number of amides is 1. The van der Waals surface area contributed by atoms with Crippen molar-refractivity contribution in [1.29, 1.82) is 0 Å². The van der Waals surface area contributed by atoms with Crippen molar-refractivity contribution in [3.63, 3.8) is 0 Å². The summed E-state index contributed by atoms with van der Waals surface area (Å²) in [6, 6.07) is 5.06. The molecule has 0 unspecified atom stereocenters. The second-order valence-corrected chi connectivity index (χ2v) is 5.52. The molecule has 98 valence electrons. The van der Waals surface area contributed by atoms with Crippen LogP contribution in [0.25, 0.3) is 0 Å². The second-order valence-electron chi connectivity index (χ2n) is 4.23. The van der Waals surface area contributed by atoms with E-state index in [0.717, 1.165) is 4.90 Å². The van der Waals surface area contributed by atoms with Gasteiger partial charge < -0.3 is 10.4 Å². The Balaban J connectivity index is 3.01. The predicted molar refractivity (Wildman–Crippen MR) is 72.4 cm³/mol. The summed E-state index contributed by atoms with van der Waals surface area (Å²) < 4.78 is 0. The van der Waals surface area contributed by atoms with Crippen molar-refractivity contribution in [2.45, 2.75) is 24.3 Å². The van der Waals surface area contributed by atoms with Gasteiger partial charge in [-0.1, -0.05) is 11.6 Å². The van der Waals surface area contributed by atoms with Gasteiger partial charge in [0.1, 0.15) is 5.54 Å². The molecule has 0 aliphatic rings. The molecule has 18 heavy (non-hydrogen) atoms.